The van der Waals surface area contributed by atoms with E-state index in [1.165, 1.54) is 33.4 Å². The summed E-state index contributed by atoms with van der Waals surface area (Å²) in [6.07, 6.45) is 1.42. The lowest BCUT2D eigenvalue weighted by molar-refractivity contribution is 0.0139. The van der Waals surface area contributed by atoms with Crippen LogP contribution in [0.4, 0.5) is 0 Å². The minimum Gasteiger partial charge on any atom is -0.379 e. The summed E-state index contributed by atoms with van der Waals surface area (Å²) < 4.78 is 17.1. The molecule has 4 aromatic rings. The van der Waals surface area contributed by atoms with Crippen molar-refractivity contribution in [1.29, 1.82) is 0 Å². The van der Waals surface area contributed by atoms with Crippen LogP contribution in [0, 0.1) is 0 Å². The van der Waals surface area contributed by atoms with Gasteiger partial charge in [-0.25, -0.2) is 0 Å². The van der Waals surface area contributed by atoms with Crippen molar-refractivity contribution in [3.05, 3.63) is 141 Å². The Morgan fingerprint density at radius 3 is 1.21 bits per heavy atom. The van der Waals surface area contributed by atoms with Gasteiger partial charge in [0.15, 0.2) is 0 Å². The smallest absolute Gasteiger partial charge is 0.251 e. The van der Waals surface area contributed by atoms with Crippen LogP contribution < -0.4 is 10.6 Å². The summed E-state index contributed by atoms with van der Waals surface area (Å²) in [5.74, 6) is -0.440. The van der Waals surface area contributed by atoms with Gasteiger partial charge in [-0.3, -0.25) is 9.59 Å². The predicted octanol–water partition coefficient (Wildman–Crippen LogP) is 5.86. The lowest BCUT2D eigenvalue weighted by atomic mass is 9.52. The third kappa shape index (κ3) is 5.27. The average molecular weight is 629 g/mol. The largest absolute Gasteiger partial charge is 0.379 e. The number of amides is 2. The molecule has 0 saturated carbocycles. The maximum absolute atomic E-state index is 14.1. The van der Waals surface area contributed by atoms with E-state index in [9.17, 15) is 9.59 Å². The van der Waals surface area contributed by atoms with Crippen LogP contribution in [0.15, 0.2) is 84.9 Å². The Morgan fingerprint density at radius 1 is 0.426 bits per heavy atom. The highest BCUT2D eigenvalue weighted by Crippen LogP contribution is 2.64. The fourth-order valence-corrected chi connectivity index (χ4v) is 8.49. The molecule has 4 atom stereocenters. The van der Waals surface area contributed by atoms with Gasteiger partial charge in [-0.15, -0.1) is 0 Å². The Hall–Kier alpha value is -4.30. The zero-order valence-electron chi connectivity index (χ0n) is 26.5. The second kappa shape index (κ2) is 13.1. The standard InChI is InChI=1S/C40H40N2O5/c43-39-31-15-5-13-29-33-25-9-1-3-11-27(25)37(35(29)31)38-28-12-4-2-10-26(28)34(33)30-14-6-16-32(36(30)38)40(44)42-18-8-20-46-22-24-47-23-21-45-19-7-17-41-39/h1-6,9-16,33-34,37-38H,7-8,17-24H2,(H,41,43)(H,42,44)/t33-,34-,37+,38+/m1/s1. The van der Waals surface area contributed by atoms with E-state index in [0.29, 0.717) is 76.7 Å². The van der Waals surface area contributed by atoms with Gasteiger partial charge in [-0.2, -0.15) is 0 Å². The molecular weight excluding hydrogens is 588 g/mol. The van der Waals surface area contributed by atoms with Crippen molar-refractivity contribution >= 4 is 11.8 Å². The highest BCUT2D eigenvalue weighted by atomic mass is 16.5. The van der Waals surface area contributed by atoms with Crippen molar-refractivity contribution in [2.24, 2.45) is 0 Å². The fourth-order valence-electron chi connectivity index (χ4n) is 8.49. The van der Waals surface area contributed by atoms with Crippen LogP contribution in [-0.2, 0) is 14.2 Å². The summed E-state index contributed by atoms with van der Waals surface area (Å²) >= 11 is 0. The monoisotopic (exact) mass is 628 g/mol. The molecule has 7 aliphatic rings. The van der Waals surface area contributed by atoms with E-state index in [2.05, 4.69) is 71.3 Å². The fraction of sp³-hybridized carbons (Fsp3) is 0.350. The molecule has 6 bridgehead atoms. The number of hydrogen-bond acceptors (Lipinski definition) is 5. The quantitative estimate of drug-likeness (QED) is 0.255. The molecule has 2 amide bonds. The van der Waals surface area contributed by atoms with Gasteiger partial charge in [-0.05, 0) is 69.5 Å². The SMILES string of the molecule is O=C1NCCCOCCOCCOCCCNC(=O)c2cccc3c2[C@@H]2c4ccccc4[C@H]3[C@@H]3c4ccccc4[C@H]2c2c1cccc23. The predicted molar refractivity (Wildman–Crippen MR) is 179 cm³/mol. The van der Waals surface area contributed by atoms with Crippen molar-refractivity contribution in [2.75, 3.05) is 52.7 Å². The minimum atomic E-state index is -0.146. The van der Waals surface area contributed by atoms with Crippen LogP contribution >= 0.6 is 0 Å². The molecule has 1 heterocycles. The Balaban J connectivity index is 1.29. The molecule has 0 fully saturated rings. The lowest BCUT2D eigenvalue weighted by Gasteiger charge is -2.50. The van der Waals surface area contributed by atoms with Crippen molar-refractivity contribution in [3.8, 4) is 0 Å². The summed E-state index contributed by atoms with van der Waals surface area (Å²) in [5, 5.41) is 6.38. The summed E-state index contributed by atoms with van der Waals surface area (Å²) in [7, 11) is 0. The zero-order chi connectivity index (χ0) is 31.7. The number of hydrogen-bond donors (Lipinski definition) is 2. The molecule has 4 aromatic carbocycles. The van der Waals surface area contributed by atoms with Crippen LogP contribution in [0.3, 0.4) is 0 Å². The Morgan fingerprint density at radius 2 is 0.787 bits per heavy atom. The third-order valence-corrected chi connectivity index (χ3v) is 10.3. The Bertz CT molecular complexity index is 1690. The average Bonchev–Trinajstić information content (AvgIpc) is 3.09. The van der Waals surface area contributed by atoms with Crippen LogP contribution in [0.5, 0.6) is 0 Å². The topological polar surface area (TPSA) is 85.9 Å². The highest BCUT2D eigenvalue weighted by Gasteiger charge is 2.51. The van der Waals surface area contributed by atoms with Crippen molar-refractivity contribution in [2.45, 2.75) is 36.5 Å². The van der Waals surface area contributed by atoms with Gasteiger partial charge in [0.2, 0.25) is 0 Å². The van der Waals surface area contributed by atoms with E-state index in [0.717, 1.165) is 11.1 Å². The van der Waals surface area contributed by atoms with E-state index in [1.54, 1.807) is 0 Å². The first-order chi connectivity index (χ1) is 23.2. The summed E-state index contributed by atoms with van der Waals surface area (Å²) in [6, 6.07) is 30.0. The zero-order valence-corrected chi connectivity index (χ0v) is 26.5. The molecule has 0 radical (unpaired) electrons. The van der Waals surface area contributed by atoms with Crippen molar-refractivity contribution in [3.63, 3.8) is 0 Å². The summed E-state index contributed by atoms with van der Waals surface area (Å²) in [4.78, 5) is 28.1. The van der Waals surface area contributed by atoms with E-state index >= 15 is 0 Å². The molecule has 0 saturated heterocycles. The normalized spacial score (nSPS) is 24.3. The maximum atomic E-state index is 14.1. The van der Waals surface area contributed by atoms with E-state index in [-0.39, 0.29) is 35.5 Å². The van der Waals surface area contributed by atoms with E-state index < -0.39 is 0 Å². The number of nitrogens with one attached hydrogen (secondary N) is 2. The minimum absolute atomic E-state index is 0.00749. The summed E-state index contributed by atoms with van der Waals surface area (Å²) in [6.45, 7) is 4.13. The number of carbonyl (C=O) groups is 2. The number of rotatable bonds is 0. The first-order valence-corrected chi connectivity index (χ1v) is 17.0. The molecule has 11 rings (SSSR count). The molecular formula is C40H40N2O5. The molecule has 2 N–H and O–H groups in total. The van der Waals surface area contributed by atoms with Crippen LogP contribution in [-0.4, -0.2) is 64.5 Å². The van der Waals surface area contributed by atoms with Gasteiger partial charge < -0.3 is 24.8 Å². The molecule has 240 valence electrons. The molecule has 0 spiro atoms. The second-order valence-electron chi connectivity index (χ2n) is 12.8. The van der Waals surface area contributed by atoms with Gasteiger partial charge in [0, 0.05) is 61.1 Å². The van der Waals surface area contributed by atoms with Crippen molar-refractivity contribution in [1.82, 2.24) is 10.6 Å². The molecule has 0 aromatic heterocycles. The first-order valence-electron chi connectivity index (χ1n) is 17.0. The van der Waals surface area contributed by atoms with Crippen LogP contribution in [0.2, 0.25) is 0 Å². The van der Waals surface area contributed by atoms with Gasteiger partial charge in [0.05, 0.1) is 26.4 Å². The van der Waals surface area contributed by atoms with Crippen molar-refractivity contribution < 1.29 is 23.8 Å². The first kappa shape index (κ1) is 30.1. The summed E-state index contributed by atoms with van der Waals surface area (Å²) in [5.41, 5.74) is 11.1. The molecule has 7 nitrogen and oxygen atoms in total. The van der Waals surface area contributed by atoms with E-state index in [1.807, 2.05) is 24.3 Å². The Kier molecular flexibility index (Phi) is 8.36. The molecule has 0 unspecified atom stereocenters. The number of carbonyl (C=O) groups excluding carboxylic acids is 2. The molecule has 47 heavy (non-hydrogen) atoms. The van der Waals surface area contributed by atoms with Crippen LogP contribution in [0.25, 0.3) is 0 Å². The number of benzene rings is 4. The number of ether oxygens (including phenoxy) is 3. The molecule has 7 heteroatoms. The molecule has 1 aliphatic heterocycles. The molecule has 6 aliphatic carbocycles. The van der Waals surface area contributed by atoms with Gasteiger partial charge in [0.25, 0.3) is 11.8 Å². The second-order valence-corrected chi connectivity index (χ2v) is 12.8. The third-order valence-electron chi connectivity index (χ3n) is 10.3. The van der Waals surface area contributed by atoms with Gasteiger partial charge in [-0.1, -0.05) is 72.8 Å². The van der Waals surface area contributed by atoms with E-state index in [4.69, 9.17) is 14.2 Å². The van der Waals surface area contributed by atoms with Gasteiger partial charge in [0.1, 0.15) is 0 Å². The lowest BCUT2D eigenvalue weighted by Crippen LogP contribution is -2.39. The maximum Gasteiger partial charge on any atom is 0.251 e. The van der Waals surface area contributed by atoms with Crippen LogP contribution in [0.1, 0.15) is 102 Å². The highest BCUT2D eigenvalue weighted by molar-refractivity contribution is 5.99. The van der Waals surface area contributed by atoms with Gasteiger partial charge >= 0.3 is 0 Å². The Labute approximate surface area is 275 Å².